The Bertz CT molecular complexity index is 758. The molecule has 0 fully saturated rings. The van der Waals surface area contributed by atoms with E-state index in [1.807, 2.05) is 11.4 Å². The molecule has 0 aromatic carbocycles. The molecular formula is C15H13NO5S. The molecule has 2 aromatic rings. The Kier molecular flexibility index (Phi) is 3.81. The van der Waals surface area contributed by atoms with Crippen LogP contribution in [0.3, 0.4) is 0 Å². The third kappa shape index (κ3) is 2.43. The molecule has 1 atom stereocenters. The van der Waals surface area contributed by atoms with E-state index in [0.717, 1.165) is 16.7 Å². The molecule has 22 heavy (non-hydrogen) atoms. The van der Waals surface area contributed by atoms with Crippen LogP contribution in [0.4, 0.5) is 0 Å². The van der Waals surface area contributed by atoms with Crippen molar-refractivity contribution in [3.63, 3.8) is 0 Å². The molecule has 0 saturated carbocycles. The lowest BCUT2D eigenvalue weighted by atomic mass is 9.99. The van der Waals surface area contributed by atoms with E-state index in [1.165, 1.54) is 24.1 Å². The lowest BCUT2D eigenvalue weighted by Gasteiger charge is -2.33. The molecule has 1 aliphatic heterocycles. The van der Waals surface area contributed by atoms with Gasteiger partial charge in [0.2, 0.25) is 0 Å². The van der Waals surface area contributed by atoms with Crippen LogP contribution in [-0.2, 0) is 16.0 Å². The van der Waals surface area contributed by atoms with Crippen LogP contribution in [-0.4, -0.2) is 30.4 Å². The number of methoxy groups -OCH3 is 1. The van der Waals surface area contributed by atoms with E-state index in [0.29, 0.717) is 13.0 Å². The van der Waals surface area contributed by atoms with Crippen LogP contribution in [0.2, 0.25) is 0 Å². The summed E-state index contributed by atoms with van der Waals surface area (Å²) in [5.74, 6) is -0.846. The average Bonchev–Trinajstić information content (AvgIpc) is 3.01. The number of hydrogen-bond acceptors (Lipinski definition) is 6. The maximum atomic E-state index is 12.6. The highest BCUT2D eigenvalue weighted by Gasteiger charge is 2.37. The first kappa shape index (κ1) is 14.5. The molecule has 1 amide bonds. The molecular weight excluding hydrogens is 306 g/mol. The maximum Gasteiger partial charge on any atom is 0.335 e. The Morgan fingerprint density at radius 1 is 1.36 bits per heavy atom. The van der Waals surface area contributed by atoms with Crippen molar-refractivity contribution >= 4 is 23.2 Å². The van der Waals surface area contributed by atoms with Crippen molar-refractivity contribution in [3.8, 4) is 0 Å². The first-order chi connectivity index (χ1) is 10.6. The molecule has 3 heterocycles. The molecule has 0 N–H and O–H groups in total. The number of esters is 1. The molecule has 0 radical (unpaired) electrons. The number of hydrogen-bond donors (Lipinski definition) is 0. The fourth-order valence-corrected chi connectivity index (χ4v) is 3.45. The SMILES string of the molecule is COC(=O)C1c2ccsc2CCN1C(=O)c1ccc(=O)oc1. The van der Waals surface area contributed by atoms with Gasteiger partial charge in [0.15, 0.2) is 6.04 Å². The summed E-state index contributed by atoms with van der Waals surface area (Å²) in [6, 6.07) is 3.65. The molecule has 114 valence electrons. The Morgan fingerprint density at radius 3 is 2.86 bits per heavy atom. The second kappa shape index (κ2) is 5.76. The van der Waals surface area contributed by atoms with Crippen molar-refractivity contribution in [2.24, 2.45) is 0 Å². The van der Waals surface area contributed by atoms with Gasteiger partial charge < -0.3 is 14.1 Å². The third-order valence-electron chi connectivity index (χ3n) is 3.60. The fraction of sp³-hybridized carbons (Fsp3) is 0.267. The van der Waals surface area contributed by atoms with Gasteiger partial charge in [-0.3, -0.25) is 4.79 Å². The smallest absolute Gasteiger partial charge is 0.335 e. The lowest BCUT2D eigenvalue weighted by molar-refractivity contribution is -0.146. The highest BCUT2D eigenvalue weighted by Crippen LogP contribution is 2.34. The number of rotatable bonds is 2. The summed E-state index contributed by atoms with van der Waals surface area (Å²) in [7, 11) is 1.30. The molecule has 3 rings (SSSR count). The monoisotopic (exact) mass is 319 g/mol. The summed E-state index contributed by atoms with van der Waals surface area (Å²) < 4.78 is 9.58. The van der Waals surface area contributed by atoms with Gasteiger partial charge in [0.1, 0.15) is 6.26 Å². The van der Waals surface area contributed by atoms with Crippen molar-refractivity contribution in [1.82, 2.24) is 4.90 Å². The average molecular weight is 319 g/mol. The van der Waals surface area contributed by atoms with Gasteiger partial charge in [0.05, 0.1) is 12.7 Å². The Morgan fingerprint density at radius 2 is 2.18 bits per heavy atom. The number of ether oxygens (including phenoxy) is 1. The summed E-state index contributed by atoms with van der Waals surface area (Å²) in [5.41, 5.74) is 0.501. The van der Waals surface area contributed by atoms with Crippen LogP contribution in [0, 0.1) is 0 Å². The van der Waals surface area contributed by atoms with E-state index in [9.17, 15) is 14.4 Å². The standard InChI is InChI=1S/C15H13NO5S/c1-20-15(19)13-10-5-7-22-11(10)4-6-16(13)14(18)9-2-3-12(17)21-8-9/h2-3,5,7-8,13H,4,6H2,1H3. The minimum atomic E-state index is -0.764. The number of nitrogens with zero attached hydrogens (tertiary/aromatic N) is 1. The molecule has 2 aromatic heterocycles. The topological polar surface area (TPSA) is 76.8 Å². The minimum absolute atomic E-state index is 0.229. The predicted molar refractivity (Wildman–Crippen MR) is 78.8 cm³/mol. The van der Waals surface area contributed by atoms with Crippen LogP contribution in [0.15, 0.2) is 39.1 Å². The molecule has 6 nitrogen and oxygen atoms in total. The largest absolute Gasteiger partial charge is 0.467 e. The van der Waals surface area contributed by atoms with Crippen LogP contribution in [0.5, 0.6) is 0 Å². The van der Waals surface area contributed by atoms with E-state index in [2.05, 4.69) is 0 Å². The molecule has 0 saturated heterocycles. The number of thiophene rings is 1. The summed E-state index contributed by atoms with van der Waals surface area (Å²) in [6.07, 6.45) is 1.80. The van der Waals surface area contributed by atoms with Gasteiger partial charge in [-0.25, -0.2) is 9.59 Å². The zero-order chi connectivity index (χ0) is 15.7. The van der Waals surface area contributed by atoms with Crippen molar-refractivity contribution in [2.75, 3.05) is 13.7 Å². The molecule has 0 aliphatic carbocycles. The molecule has 0 spiro atoms. The summed E-state index contributed by atoms with van der Waals surface area (Å²) in [6.45, 7) is 0.408. The molecule has 7 heteroatoms. The van der Waals surface area contributed by atoms with Crippen molar-refractivity contribution < 1.29 is 18.7 Å². The van der Waals surface area contributed by atoms with Crippen LogP contribution in [0.1, 0.15) is 26.8 Å². The third-order valence-corrected chi connectivity index (χ3v) is 4.60. The van der Waals surface area contributed by atoms with Crippen molar-refractivity contribution in [1.29, 1.82) is 0 Å². The van der Waals surface area contributed by atoms with Crippen molar-refractivity contribution in [3.05, 3.63) is 56.3 Å². The van der Waals surface area contributed by atoms with E-state index < -0.39 is 17.6 Å². The molecule has 1 unspecified atom stereocenters. The van der Waals surface area contributed by atoms with Gasteiger partial charge in [0.25, 0.3) is 5.91 Å². The normalized spacial score (nSPS) is 17.0. The molecule has 0 bridgehead atoms. The quantitative estimate of drug-likeness (QED) is 0.786. The number of carbonyl (C=O) groups excluding carboxylic acids is 2. The number of carbonyl (C=O) groups is 2. The zero-order valence-corrected chi connectivity index (χ0v) is 12.6. The van der Waals surface area contributed by atoms with Gasteiger partial charge in [0, 0.05) is 17.5 Å². The van der Waals surface area contributed by atoms with E-state index >= 15 is 0 Å². The van der Waals surface area contributed by atoms with Crippen LogP contribution in [0.25, 0.3) is 0 Å². The van der Waals surface area contributed by atoms with Gasteiger partial charge in [-0.05, 0) is 29.5 Å². The Balaban J connectivity index is 1.98. The number of fused-ring (bicyclic) bond motifs is 1. The second-order valence-corrected chi connectivity index (χ2v) is 5.82. The highest BCUT2D eigenvalue weighted by molar-refractivity contribution is 7.10. The van der Waals surface area contributed by atoms with Crippen molar-refractivity contribution in [2.45, 2.75) is 12.5 Å². The van der Waals surface area contributed by atoms with Gasteiger partial charge in [-0.1, -0.05) is 0 Å². The Labute approximate surface area is 129 Å². The summed E-state index contributed by atoms with van der Waals surface area (Å²) in [4.78, 5) is 38.3. The van der Waals surface area contributed by atoms with Crippen LogP contribution < -0.4 is 5.63 Å². The van der Waals surface area contributed by atoms with E-state index in [-0.39, 0.29) is 11.5 Å². The molecule has 1 aliphatic rings. The number of amides is 1. The fourth-order valence-electron chi connectivity index (χ4n) is 2.55. The van der Waals surface area contributed by atoms with Crippen LogP contribution >= 0.6 is 11.3 Å². The lowest BCUT2D eigenvalue weighted by Crippen LogP contribution is -2.43. The Hall–Kier alpha value is -2.41. The predicted octanol–water partition coefficient (Wildman–Crippen LogP) is 1.61. The summed E-state index contributed by atoms with van der Waals surface area (Å²) >= 11 is 1.56. The first-order valence-electron chi connectivity index (χ1n) is 6.65. The zero-order valence-electron chi connectivity index (χ0n) is 11.8. The first-order valence-corrected chi connectivity index (χ1v) is 7.53. The van der Waals surface area contributed by atoms with Gasteiger partial charge >= 0.3 is 11.6 Å². The van der Waals surface area contributed by atoms with Gasteiger partial charge in [-0.15, -0.1) is 11.3 Å². The summed E-state index contributed by atoms with van der Waals surface area (Å²) in [5, 5.41) is 1.90. The van der Waals surface area contributed by atoms with E-state index in [4.69, 9.17) is 9.15 Å². The van der Waals surface area contributed by atoms with Gasteiger partial charge in [-0.2, -0.15) is 0 Å². The maximum absolute atomic E-state index is 12.6. The van der Waals surface area contributed by atoms with E-state index in [1.54, 1.807) is 11.3 Å². The minimum Gasteiger partial charge on any atom is -0.467 e. The second-order valence-electron chi connectivity index (χ2n) is 4.82. The highest BCUT2D eigenvalue weighted by atomic mass is 32.1.